The molecule has 5 nitrogen and oxygen atoms in total. The maximum absolute atomic E-state index is 12.9. The first-order valence-electron chi connectivity index (χ1n) is 7.74. The molecule has 0 fully saturated rings. The van der Waals surface area contributed by atoms with Crippen molar-refractivity contribution in [2.45, 2.75) is 19.3 Å². The van der Waals surface area contributed by atoms with Gasteiger partial charge in [-0.05, 0) is 55.0 Å². The summed E-state index contributed by atoms with van der Waals surface area (Å²) >= 11 is 0. The first kappa shape index (κ1) is 16.8. The van der Waals surface area contributed by atoms with Crippen molar-refractivity contribution in [3.8, 4) is 11.4 Å². The Hall–Kier alpha value is -3.09. The highest BCUT2D eigenvalue weighted by molar-refractivity contribution is 5.90. The van der Waals surface area contributed by atoms with E-state index in [2.05, 4.69) is 15.5 Å². The number of hydrogen-bond acceptors (Lipinski definition) is 4. The Balaban J connectivity index is 1.48. The number of halogens is 2. The number of nitrogens with one attached hydrogen (secondary N) is 1. The molecule has 1 heterocycles. The zero-order chi connectivity index (χ0) is 17.6. The maximum Gasteiger partial charge on any atom is 0.226 e. The number of carbonyl (C=O) groups excluding carboxylic acids is 1. The molecule has 1 aromatic heterocycles. The van der Waals surface area contributed by atoms with E-state index in [0.29, 0.717) is 35.8 Å². The molecule has 0 atom stereocenters. The molecule has 1 amide bonds. The SMILES string of the molecule is O=C(CCCc1nc(-c2ccc(F)cc2)no1)Nc1ccc(F)cc1. The largest absolute Gasteiger partial charge is 0.339 e. The van der Waals surface area contributed by atoms with E-state index < -0.39 is 0 Å². The Labute approximate surface area is 142 Å². The van der Waals surface area contributed by atoms with Crippen molar-refractivity contribution in [2.75, 3.05) is 5.32 Å². The number of hydrogen-bond donors (Lipinski definition) is 1. The molecule has 1 N–H and O–H groups in total. The van der Waals surface area contributed by atoms with Gasteiger partial charge in [-0.15, -0.1) is 0 Å². The average molecular weight is 343 g/mol. The number of amides is 1. The molecular weight excluding hydrogens is 328 g/mol. The van der Waals surface area contributed by atoms with Crippen LogP contribution in [0.3, 0.4) is 0 Å². The number of aromatic nitrogens is 2. The normalized spacial score (nSPS) is 10.6. The van der Waals surface area contributed by atoms with Gasteiger partial charge in [0, 0.05) is 24.1 Å². The van der Waals surface area contributed by atoms with Crippen molar-refractivity contribution < 1.29 is 18.1 Å². The van der Waals surface area contributed by atoms with Crippen LogP contribution in [0.2, 0.25) is 0 Å². The second-order valence-electron chi connectivity index (χ2n) is 5.43. The lowest BCUT2D eigenvalue weighted by molar-refractivity contribution is -0.116. The maximum atomic E-state index is 12.9. The zero-order valence-corrected chi connectivity index (χ0v) is 13.2. The molecule has 0 bridgehead atoms. The number of nitrogens with zero attached hydrogens (tertiary/aromatic N) is 2. The number of carbonyl (C=O) groups is 1. The smallest absolute Gasteiger partial charge is 0.226 e. The lowest BCUT2D eigenvalue weighted by Crippen LogP contribution is -2.11. The van der Waals surface area contributed by atoms with Crippen LogP contribution in [0.15, 0.2) is 53.1 Å². The first-order chi connectivity index (χ1) is 12.1. The molecule has 25 heavy (non-hydrogen) atoms. The van der Waals surface area contributed by atoms with Crippen LogP contribution < -0.4 is 5.32 Å². The molecule has 2 aromatic carbocycles. The summed E-state index contributed by atoms with van der Waals surface area (Å²) in [5.74, 6) is -0.0736. The van der Waals surface area contributed by atoms with E-state index in [1.165, 1.54) is 36.4 Å². The third-order valence-corrected chi connectivity index (χ3v) is 3.49. The highest BCUT2D eigenvalue weighted by Gasteiger charge is 2.10. The van der Waals surface area contributed by atoms with Gasteiger partial charge in [0.2, 0.25) is 17.6 Å². The van der Waals surface area contributed by atoms with E-state index in [1.54, 1.807) is 12.1 Å². The Kier molecular flexibility index (Phi) is 5.13. The fraction of sp³-hybridized carbons (Fsp3) is 0.167. The van der Waals surface area contributed by atoms with Gasteiger partial charge in [-0.2, -0.15) is 4.98 Å². The van der Waals surface area contributed by atoms with Gasteiger partial charge in [-0.25, -0.2) is 8.78 Å². The highest BCUT2D eigenvalue weighted by atomic mass is 19.1. The summed E-state index contributed by atoms with van der Waals surface area (Å²) in [6, 6.07) is 11.4. The van der Waals surface area contributed by atoms with Crippen LogP contribution >= 0.6 is 0 Å². The van der Waals surface area contributed by atoms with Crippen LogP contribution in [0.4, 0.5) is 14.5 Å². The molecule has 128 valence electrons. The third-order valence-electron chi connectivity index (χ3n) is 3.49. The summed E-state index contributed by atoms with van der Waals surface area (Å²) in [7, 11) is 0. The molecule has 0 spiro atoms. The van der Waals surface area contributed by atoms with Crippen LogP contribution in [0.1, 0.15) is 18.7 Å². The Morgan fingerprint density at radius 3 is 2.32 bits per heavy atom. The number of benzene rings is 2. The summed E-state index contributed by atoms with van der Waals surface area (Å²) in [5, 5.41) is 6.53. The summed E-state index contributed by atoms with van der Waals surface area (Å²) in [4.78, 5) is 16.1. The Morgan fingerprint density at radius 2 is 1.64 bits per heavy atom. The molecule has 0 unspecified atom stereocenters. The number of aryl methyl sites for hydroxylation is 1. The molecule has 3 aromatic rings. The van der Waals surface area contributed by atoms with Gasteiger partial charge in [-0.1, -0.05) is 5.16 Å². The minimum atomic E-state index is -0.355. The second-order valence-corrected chi connectivity index (χ2v) is 5.43. The standard InChI is InChI=1S/C18H15F2N3O2/c19-13-6-4-12(5-7-13)18-22-17(25-23-18)3-1-2-16(24)21-15-10-8-14(20)9-11-15/h4-11H,1-3H2,(H,21,24). The molecule has 3 rings (SSSR count). The fourth-order valence-electron chi connectivity index (χ4n) is 2.23. The molecule has 0 saturated carbocycles. The predicted octanol–water partition coefficient (Wildman–Crippen LogP) is 3.98. The summed E-state index contributed by atoms with van der Waals surface area (Å²) in [6.07, 6.45) is 1.24. The van der Waals surface area contributed by atoms with Gasteiger partial charge >= 0.3 is 0 Å². The van der Waals surface area contributed by atoms with Crippen molar-refractivity contribution in [3.63, 3.8) is 0 Å². The average Bonchev–Trinajstić information content (AvgIpc) is 3.06. The van der Waals surface area contributed by atoms with Crippen LogP contribution in [-0.2, 0) is 11.2 Å². The first-order valence-corrected chi connectivity index (χ1v) is 7.74. The van der Waals surface area contributed by atoms with E-state index >= 15 is 0 Å². The molecule has 0 aliphatic carbocycles. The zero-order valence-electron chi connectivity index (χ0n) is 13.2. The van der Waals surface area contributed by atoms with E-state index in [1.807, 2.05) is 0 Å². The fourth-order valence-corrected chi connectivity index (χ4v) is 2.23. The van der Waals surface area contributed by atoms with Gasteiger partial charge in [0.15, 0.2) is 0 Å². The highest BCUT2D eigenvalue weighted by Crippen LogP contribution is 2.17. The van der Waals surface area contributed by atoms with E-state index in [9.17, 15) is 13.6 Å². The molecule has 0 aliphatic rings. The van der Waals surface area contributed by atoms with Crippen LogP contribution in [-0.4, -0.2) is 16.0 Å². The van der Waals surface area contributed by atoms with Gasteiger partial charge in [0.05, 0.1) is 0 Å². The molecule has 0 radical (unpaired) electrons. The molecule has 7 heteroatoms. The third kappa shape index (κ3) is 4.69. The van der Waals surface area contributed by atoms with Crippen LogP contribution in [0.25, 0.3) is 11.4 Å². The van der Waals surface area contributed by atoms with Crippen molar-refractivity contribution in [3.05, 3.63) is 66.1 Å². The van der Waals surface area contributed by atoms with E-state index in [0.717, 1.165) is 0 Å². The molecular formula is C18H15F2N3O2. The quantitative estimate of drug-likeness (QED) is 0.735. The Bertz CT molecular complexity index is 846. The van der Waals surface area contributed by atoms with Crippen molar-refractivity contribution in [2.24, 2.45) is 0 Å². The monoisotopic (exact) mass is 343 g/mol. The lowest BCUT2D eigenvalue weighted by Gasteiger charge is -2.04. The molecule has 0 aliphatic heterocycles. The number of rotatable bonds is 6. The minimum Gasteiger partial charge on any atom is -0.339 e. The number of anilines is 1. The second kappa shape index (κ2) is 7.65. The summed E-state index contributed by atoms with van der Waals surface area (Å²) < 4.78 is 30.8. The lowest BCUT2D eigenvalue weighted by atomic mass is 10.2. The predicted molar refractivity (Wildman–Crippen MR) is 87.7 cm³/mol. The topological polar surface area (TPSA) is 68.0 Å². The molecule has 0 saturated heterocycles. The van der Waals surface area contributed by atoms with Gasteiger partial charge in [-0.3, -0.25) is 4.79 Å². The van der Waals surface area contributed by atoms with Crippen molar-refractivity contribution >= 4 is 11.6 Å². The van der Waals surface area contributed by atoms with E-state index in [4.69, 9.17) is 4.52 Å². The van der Waals surface area contributed by atoms with Gasteiger partial charge in [0.1, 0.15) is 11.6 Å². The summed E-state index contributed by atoms with van der Waals surface area (Å²) in [5.41, 5.74) is 1.20. The van der Waals surface area contributed by atoms with Gasteiger partial charge < -0.3 is 9.84 Å². The van der Waals surface area contributed by atoms with Crippen LogP contribution in [0.5, 0.6) is 0 Å². The van der Waals surface area contributed by atoms with Crippen molar-refractivity contribution in [1.29, 1.82) is 0 Å². The summed E-state index contributed by atoms with van der Waals surface area (Å²) in [6.45, 7) is 0. The van der Waals surface area contributed by atoms with Crippen molar-refractivity contribution in [1.82, 2.24) is 10.1 Å². The minimum absolute atomic E-state index is 0.176. The van der Waals surface area contributed by atoms with E-state index in [-0.39, 0.29) is 24.0 Å². The van der Waals surface area contributed by atoms with Gasteiger partial charge in [0.25, 0.3) is 0 Å². The Morgan fingerprint density at radius 1 is 1.00 bits per heavy atom. The van der Waals surface area contributed by atoms with Crippen LogP contribution in [0, 0.1) is 11.6 Å².